The van der Waals surface area contributed by atoms with E-state index >= 15 is 0 Å². The number of carbonyl (C=O) groups is 1. The van der Waals surface area contributed by atoms with E-state index in [1.807, 2.05) is 0 Å². The first-order valence-corrected chi connectivity index (χ1v) is 9.20. The van der Waals surface area contributed by atoms with Crippen molar-refractivity contribution in [3.63, 3.8) is 0 Å². The second-order valence-electron chi connectivity index (χ2n) is 5.35. The molecule has 1 N–H and O–H groups in total. The van der Waals surface area contributed by atoms with Crippen LogP contribution in [0.2, 0.25) is 0 Å². The average Bonchev–Trinajstić information content (AvgIpc) is 2.67. The maximum atomic E-state index is 13.4. The number of halogens is 2. The Morgan fingerprint density at radius 3 is 2.32 bits per heavy atom. The minimum absolute atomic E-state index is 0.0835. The first-order valence-electron chi connectivity index (χ1n) is 7.71. The fourth-order valence-electron chi connectivity index (χ4n) is 2.25. The number of nitrogens with one attached hydrogen (secondary N) is 1. The molecule has 2 aromatic rings. The number of methoxy groups -OCH3 is 3. The molecule has 0 aliphatic heterocycles. The van der Waals surface area contributed by atoms with E-state index in [-0.39, 0.29) is 22.1 Å². The molecular formula is C18H17F2NO6S. The zero-order valence-corrected chi connectivity index (χ0v) is 16.0. The standard InChI is InChI=1S/C18H17F2NO6S/c1-25-15-8-11(4-7-17(22)26-2)9-16(18(15)27-3)28(23,24)21-12-5-6-13(19)14(20)10-12/h4-10,21H,1-3H3/b7-4+. The third kappa shape index (κ3) is 4.77. The Morgan fingerprint density at radius 2 is 1.75 bits per heavy atom. The van der Waals surface area contributed by atoms with Crippen LogP contribution in [0, 0.1) is 11.6 Å². The third-order valence-electron chi connectivity index (χ3n) is 3.54. The maximum Gasteiger partial charge on any atom is 0.330 e. The van der Waals surface area contributed by atoms with Gasteiger partial charge in [-0.15, -0.1) is 0 Å². The van der Waals surface area contributed by atoms with Crippen molar-refractivity contribution in [2.24, 2.45) is 0 Å². The number of hydrogen-bond acceptors (Lipinski definition) is 6. The van der Waals surface area contributed by atoms with E-state index < -0.39 is 27.6 Å². The lowest BCUT2D eigenvalue weighted by molar-refractivity contribution is -0.134. The molecule has 0 fully saturated rings. The summed E-state index contributed by atoms with van der Waals surface area (Å²) in [5.74, 6) is -2.98. The summed E-state index contributed by atoms with van der Waals surface area (Å²) in [6.07, 6.45) is 2.42. The van der Waals surface area contributed by atoms with Gasteiger partial charge in [-0.05, 0) is 35.9 Å². The predicted molar refractivity (Wildman–Crippen MR) is 97.8 cm³/mol. The Labute approximate surface area is 160 Å². The molecular weight excluding hydrogens is 396 g/mol. The van der Waals surface area contributed by atoms with Gasteiger partial charge in [-0.1, -0.05) is 0 Å². The zero-order valence-electron chi connectivity index (χ0n) is 15.2. The van der Waals surface area contributed by atoms with Crippen LogP contribution >= 0.6 is 0 Å². The van der Waals surface area contributed by atoms with Gasteiger partial charge in [-0.3, -0.25) is 4.72 Å². The second-order valence-corrected chi connectivity index (χ2v) is 7.00. The number of esters is 1. The molecule has 0 amide bonds. The summed E-state index contributed by atoms with van der Waals surface area (Å²) in [7, 11) is -0.523. The van der Waals surface area contributed by atoms with Gasteiger partial charge in [0.15, 0.2) is 23.1 Å². The van der Waals surface area contributed by atoms with Crippen molar-refractivity contribution < 1.29 is 36.2 Å². The molecule has 0 aromatic heterocycles. The highest BCUT2D eigenvalue weighted by Crippen LogP contribution is 2.37. The molecule has 2 rings (SSSR count). The van der Waals surface area contributed by atoms with Gasteiger partial charge in [0.05, 0.1) is 27.0 Å². The maximum absolute atomic E-state index is 13.4. The Hall–Kier alpha value is -3.14. The van der Waals surface area contributed by atoms with Gasteiger partial charge in [-0.2, -0.15) is 0 Å². The lowest BCUT2D eigenvalue weighted by Gasteiger charge is -2.15. The number of anilines is 1. The highest BCUT2D eigenvalue weighted by molar-refractivity contribution is 7.92. The van der Waals surface area contributed by atoms with Crippen LogP contribution in [0.4, 0.5) is 14.5 Å². The Bertz CT molecular complexity index is 1020. The fraction of sp³-hybridized carbons (Fsp3) is 0.167. The number of carbonyl (C=O) groups excluding carboxylic acids is 1. The highest BCUT2D eigenvalue weighted by Gasteiger charge is 2.24. The monoisotopic (exact) mass is 413 g/mol. The fourth-order valence-corrected chi connectivity index (χ4v) is 3.51. The molecule has 150 valence electrons. The zero-order chi connectivity index (χ0) is 20.9. The van der Waals surface area contributed by atoms with E-state index in [1.165, 1.54) is 39.5 Å². The summed E-state index contributed by atoms with van der Waals surface area (Å²) in [5, 5.41) is 0. The Morgan fingerprint density at radius 1 is 1.04 bits per heavy atom. The van der Waals surface area contributed by atoms with Crippen LogP contribution in [0.15, 0.2) is 41.3 Å². The van der Waals surface area contributed by atoms with E-state index in [2.05, 4.69) is 9.46 Å². The molecule has 0 aliphatic rings. The van der Waals surface area contributed by atoms with Crippen LogP contribution in [0.5, 0.6) is 11.5 Å². The van der Waals surface area contributed by atoms with Crippen LogP contribution in [-0.2, 0) is 19.6 Å². The summed E-state index contributed by atoms with van der Waals surface area (Å²) in [6, 6.07) is 5.25. The number of rotatable bonds is 7. The Balaban J connectivity index is 2.54. The topological polar surface area (TPSA) is 90.9 Å². The lowest BCUT2D eigenvalue weighted by Crippen LogP contribution is -2.15. The van der Waals surface area contributed by atoms with E-state index in [0.29, 0.717) is 11.6 Å². The summed E-state index contributed by atoms with van der Waals surface area (Å²) >= 11 is 0. The second kappa shape index (κ2) is 8.70. The molecule has 0 bridgehead atoms. The van der Waals surface area contributed by atoms with Crippen LogP contribution in [0.3, 0.4) is 0 Å². The highest BCUT2D eigenvalue weighted by atomic mass is 32.2. The molecule has 10 heteroatoms. The predicted octanol–water partition coefficient (Wildman–Crippen LogP) is 2.97. The van der Waals surface area contributed by atoms with Gasteiger partial charge >= 0.3 is 5.97 Å². The van der Waals surface area contributed by atoms with E-state index in [9.17, 15) is 22.0 Å². The summed E-state index contributed by atoms with van der Waals surface area (Å²) in [5.41, 5.74) is 0.115. The average molecular weight is 413 g/mol. The molecule has 2 aromatic carbocycles. The largest absolute Gasteiger partial charge is 0.493 e. The van der Waals surface area contributed by atoms with Crippen molar-refractivity contribution >= 4 is 27.8 Å². The van der Waals surface area contributed by atoms with E-state index in [0.717, 1.165) is 18.2 Å². The summed E-state index contributed by atoms with van der Waals surface area (Å²) in [6.45, 7) is 0. The smallest absolute Gasteiger partial charge is 0.330 e. The molecule has 0 atom stereocenters. The van der Waals surface area contributed by atoms with Crippen molar-refractivity contribution in [2.75, 3.05) is 26.1 Å². The molecule has 0 aliphatic carbocycles. The van der Waals surface area contributed by atoms with Crippen molar-refractivity contribution in [3.8, 4) is 11.5 Å². The van der Waals surface area contributed by atoms with Crippen molar-refractivity contribution in [2.45, 2.75) is 4.90 Å². The first-order chi connectivity index (χ1) is 13.2. The number of sulfonamides is 1. The van der Waals surface area contributed by atoms with Gasteiger partial charge in [0, 0.05) is 12.1 Å². The lowest BCUT2D eigenvalue weighted by atomic mass is 10.2. The quantitative estimate of drug-likeness (QED) is 0.554. The van der Waals surface area contributed by atoms with Gasteiger partial charge < -0.3 is 14.2 Å². The van der Waals surface area contributed by atoms with E-state index in [1.54, 1.807) is 0 Å². The molecule has 0 heterocycles. The van der Waals surface area contributed by atoms with Crippen molar-refractivity contribution in [1.29, 1.82) is 0 Å². The van der Waals surface area contributed by atoms with Crippen molar-refractivity contribution in [3.05, 3.63) is 53.6 Å². The van der Waals surface area contributed by atoms with E-state index in [4.69, 9.17) is 9.47 Å². The molecule has 0 radical (unpaired) electrons. The molecule has 7 nitrogen and oxygen atoms in total. The van der Waals surface area contributed by atoms with Crippen LogP contribution in [-0.4, -0.2) is 35.7 Å². The molecule has 0 unspecified atom stereocenters. The Kier molecular flexibility index (Phi) is 6.57. The minimum atomic E-state index is -4.28. The first kappa shape index (κ1) is 21.2. The SMILES string of the molecule is COC(=O)/C=C/c1cc(OC)c(OC)c(S(=O)(=O)Nc2ccc(F)c(F)c2)c1. The molecule has 0 spiro atoms. The molecule has 0 saturated heterocycles. The van der Waals surface area contributed by atoms with Gasteiger partial charge in [0.25, 0.3) is 10.0 Å². The molecule has 28 heavy (non-hydrogen) atoms. The number of ether oxygens (including phenoxy) is 3. The number of hydrogen-bond donors (Lipinski definition) is 1. The van der Waals surface area contributed by atoms with Crippen LogP contribution < -0.4 is 14.2 Å². The minimum Gasteiger partial charge on any atom is -0.493 e. The molecule has 0 saturated carbocycles. The van der Waals surface area contributed by atoms with Gasteiger partial charge in [0.2, 0.25) is 0 Å². The summed E-state index contributed by atoms with van der Waals surface area (Å²) in [4.78, 5) is 11.0. The van der Waals surface area contributed by atoms with Crippen LogP contribution in [0.25, 0.3) is 6.08 Å². The third-order valence-corrected chi connectivity index (χ3v) is 4.93. The van der Waals surface area contributed by atoms with Gasteiger partial charge in [-0.25, -0.2) is 22.0 Å². The van der Waals surface area contributed by atoms with Gasteiger partial charge in [0.1, 0.15) is 4.90 Å². The van der Waals surface area contributed by atoms with Crippen molar-refractivity contribution in [1.82, 2.24) is 0 Å². The van der Waals surface area contributed by atoms with Crippen LogP contribution in [0.1, 0.15) is 5.56 Å². The summed E-state index contributed by atoms with van der Waals surface area (Å²) < 4.78 is 69.0. The number of benzene rings is 2. The normalized spacial score (nSPS) is 11.3.